The summed E-state index contributed by atoms with van der Waals surface area (Å²) in [5.74, 6) is 0. The Morgan fingerprint density at radius 1 is 0.864 bits per heavy atom. The minimum Gasteiger partial charge on any atom is -0.392 e. The molecule has 0 aliphatic rings. The van der Waals surface area contributed by atoms with Gasteiger partial charge in [-0.3, -0.25) is 0 Å². The average Bonchev–Trinajstić information content (AvgIpc) is 2.92. The standard InChI is InChI=1S/C19H16N2O/c22-13-15-6-7-16-17-8-9-21(11-14-4-2-1-3-5-14)12-19(17)20-18(16)10-15/h1-10,12,22H,11,13H2/p+1. The maximum absolute atomic E-state index is 9.26. The second-order valence-electron chi connectivity index (χ2n) is 5.59. The fourth-order valence-corrected chi connectivity index (χ4v) is 2.94. The van der Waals surface area contributed by atoms with Gasteiger partial charge in [-0.2, -0.15) is 4.57 Å². The highest BCUT2D eigenvalue weighted by atomic mass is 16.3. The Kier molecular flexibility index (Phi) is 3.13. The molecule has 0 aliphatic heterocycles. The smallest absolute Gasteiger partial charge is 0.193 e. The van der Waals surface area contributed by atoms with Gasteiger partial charge in [0, 0.05) is 27.9 Å². The summed E-state index contributed by atoms with van der Waals surface area (Å²) >= 11 is 0. The van der Waals surface area contributed by atoms with E-state index < -0.39 is 0 Å². The predicted octanol–water partition coefficient (Wildman–Crippen LogP) is 3.15. The second kappa shape index (κ2) is 5.28. The van der Waals surface area contributed by atoms with Crippen LogP contribution in [0.25, 0.3) is 21.8 Å². The quantitative estimate of drug-likeness (QED) is 0.559. The summed E-state index contributed by atoms with van der Waals surface area (Å²) in [7, 11) is 0. The van der Waals surface area contributed by atoms with Crippen molar-refractivity contribution in [2.45, 2.75) is 13.2 Å². The molecule has 2 aromatic carbocycles. The van der Waals surface area contributed by atoms with Crippen LogP contribution in [-0.2, 0) is 13.2 Å². The van der Waals surface area contributed by atoms with Crippen LogP contribution in [0.4, 0.5) is 0 Å². The van der Waals surface area contributed by atoms with E-state index in [9.17, 15) is 5.11 Å². The van der Waals surface area contributed by atoms with Crippen LogP contribution in [-0.4, -0.2) is 10.1 Å². The van der Waals surface area contributed by atoms with Gasteiger partial charge in [0.05, 0.1) is 6.61 Å². The molecule has 2 N–H and O–H groups in total. The van der Waals surface area contributed by atoms with Gasteiger partial charge >= 0.3 is 0 Å². The Balaban J connectivity index is 1.78. The topological polar surface area (TPSA) is 39.9 Å². The van der Waals surface area contributed by atoms with Crippen molar-refractivity contribution in [2.75, 3.05) is 0 Å². The van der Waals surface area contributed by atoms with Crippen molar-refractivity contribution in [3.05, 3.63) is 78.1 Å². The van der Waals surface area contributed by atoms with Gasteiger partial charge in [-0.15, -0.1) is 0 Å². The van der Waals surface area contributed by atoms with Gasteiger partial charge in [-0.05, 0) is 11.6 Å². The summed E-state index contributed by atoms with van der Waals surface area (Å²) in [6.07, 6.45) is 4.25. The highest BCUT2D eigenvalue weighted by Crippen LogP contribution is 2.25. The molecular weight excluding hydrogens is 272 g/mol. The van der Waals surface area contributed by atoms with E-state index in [1.54, 1.807) is 0 Å². The number of rotatable bonds is 3. The van der Waals surface area contributed by atoms with E-state index in [-0.39, 0.29) is 6.61 Å². The number of aromatic nitrogens is 2. The third-order valence-corrected chi connectivity index (χ3v) is 4.05. The summed E-state index contributed by atoms with van der Waals surface area (Å²) in [5, 5.41) is 11.7. The Hall–Kier alpha value is -2.65. The molecule has 4 aromatic rings. The number of aromatic amines is 1. The van der Waals surface area contributed by atoms with Crippen molar-refractivity contribution in [1.82, 2.24) is 4.98 Å². The Morgan fingerprint density at radius 2 is 1.68 bits per heavy atom. The average molecular weight is 289 g/mol. The first-order chi connectivity index (χ1) is 10.8. The Labute approximate surface area is 128 Å². The molecule has 2 heterocycles. The number of aliphatic hydroxyl groups is 1. The zero-order chi connectivity index (χ0) is 14.9. The van der Waals surface area contributed by atoms with E-state index in [1.807, 2.05) is 18.2 Å². The van der Waals surface area contributed by atoms with Gasteiger partial charge in [0.15, 0.2) is 18.9 Å². The minimum atomic E-state index is 0.0688. The maximum atomic E-state index is 9.26. The highest BCUT2D eigenvalue weighted by molar-refractivity contribution is 6.06. The molecule has 0 spiro atoms. The molecule has 0 aliphatic carbocycles. The zero-order valence-electron chi connectivity index (χ0n) is 12.2. The number of nitrogens with one attached hydrogen (secondary N) is 1. The van der Waals surface area contributed by atoms with Crippen LogP contribution >= 0.6 is 0 Å². The molecule has 0 fully saturated rings. The summed E-state index contributed by atoms with van der Waals surface area (Å²) in [6.45, 7) is 0.924. The van der Waals surface area contributed by atoms with E-state index in [4.69, 9.17) is 0 Å². The van der Waals surface area contributed by atoms with Crippen molar-refractivity contribution >= 4 is 21.8 Å². The van der Waals surface area contributed by atoms with E-state index >= 15 is 0 Å². The first-order valence-electron chi connectivity index (χ1n) is 7.42. The largest absolute Gasteiger partial charge is 0.392 e. The van der Waals surface area contributed by atoms with E-state index in [0.717, 1.165) is 23.1 Å². The predicted molar refractivity (Wildman–Crippen MR) is 87.5 cm³/mol. The first kappa shape index (κ1) is 13.0. The highest BCUT2D eigenvalue weighted by Gasteiger charge is 2.10. The number of nitrogens with zero attached hydrogens (tertiary/aromatic N) is 1. The van der Waals surface area contributed by atoms with Crippen LogP contribution in [0.5, 0.6) is 0 Å². The summed E-state index contributed by atoms with van der Waals surface area (Å²) < 4.78 is 2.18. The van der Waals surface area contributed by atoms with Gasteiger partial charge in [-0.1, -0.05) is 42.5 Å². The number of hydrogen-bond acceptors (Lipinski definition) is 1. The van der Waals surface area contributed by atoms with Gasteiger partial charge in [0.2, 0.25) is 0 Å². The van der Waals surface area contributed by atoms with Crippen LogP contribution in [0.3, 0.4) is 0 Å². The lowest BCUT2D eigenvalue weighted by molar-refractivity contribution is -0.687. The molecule has 0 amide bonds. The lowest BCUT2D eigenvalue weighted by Crippen LogP contribution is -2.33. The van der Waals surface area contributed by atoms with Crippen LogP contribution in [0.1, 0.15) is 11.1 Å². The van der Waals surface area contributed by atoms with Crippen LogP contribution in [0.15, 0.2) is 67.0 Å². The molecule has 4 rings (SSSR count). The lowest BCUT2D eigenvalue weighted by Gasteiger charge is -1.97. The first-order valence-corrected chi connectivity index (χ1v) is 7.42. The number of aliphatic hydroxyl groups excluding tert-OH is 1. The molecule has 0 saturated carbocycles. The monoisotopic (exact) mass is 289 g/mol. The van der Waals surface area contributed by atoms with Crippen molar-refractivity contribution in [2.24, 2.45) is 0 Å². The molecule has 108 valence electrons. The van der Waals surface area contributed by atoms with E-state index in [0.29, 0.717) is 0 Å². The van der Waals surface area contributed by atoms with Gasteiger partial charge < -0.3 is 10.1 Å². The molecule has 2 aromatic heterocycles. The zero-order valence-corrected chi connectivity index (χ0v) is 12.2. The summed E-state index contributed by atoms with van der Waals surface area (Å²) in [6, 6.07) is 18.6. The van der Waals surface area contributed by atoms with E-state index in [2.05, 4.69) is 58.3 Å². The molecule has 0 bridgehead atoms. The Bertz CT molecular complexity index is 942. The van der Waals surface area contributed by atoms with Crippen LogP contribution < -0.4 is 4.57 Å². The van der Waals surface area contributed by atoms with Crippen molar-refractivity contribution in [1.29, 1.82) is 0 Å². The van der Waals surface area contributed by atoms with Crippen molar-refractivity contribution < 1.29 is 9.67 Å². The minimum absolute atomic E-state index is 0.0688. The molecule has 22 heavy (non-hydrogen) atoms. The molecule has 0 saturated heterocycles. The molecule has 0 atom stereocenters. The van der Waals surface area contributed by atoms with Crippen molar-refractivity contribution in [3.63, 3.8) is 0 Å². The van der Waals surface area contributed by atoms with E-state index in [1.165, 1.54) is 16.3 Å². The SMILES string of the molecule is OCc1ccc2c(c1)[nH]c1c[n+](Cc3ccccc3)ccc12. The maximum Gasteiger partial charge on any atom is 0.193 e. The lowest BCUT2D eigenvalue weighted by atomic mass is 10.1. The normalized spacial score (nSPS) is 11.3. The Morgan fingerprint density at radius 3 is 2.50 bits per heavy atom. The van der Waals surface area contributed by atoms with Gasteiger partial charge in [0.1, 0.15) is 5.52 Å². The molecule has 3 nitrogen and oxygen atoms in total. The molecule has 0 unspecified atom stereocenters. The molecular formula is C19H17N2O+. The summed E-state index contributed by atoms with van der Waals surface area (Å²) in [5.41, 5.74) is 4.39. The number of pyridine rings is 1. The fourth-order valence-electron chi connectivity index (χ4n) is 2.94. The summed E-state index contributed by atoms with van der Waals surface area (Å²) in [4.78, 5) is 3.45. The van der Waals surface area contributed by atoms with Crippen molar-refractivity contribution in [3.8, 4) is 0 Å². The second-order valence-corrected chi connectivity index (χ2v) is 5.59. The number of fused-ring (bicyclic) bond motifs is 3. The molecule has 0 radical (unpaired) electrons. The van der Waals surface area contributed by atoms with Crippen LogP contribution in [0, 0.1) is 0 Å². The fraction of sp³-hybridized carbons (Fsp3) is 0.105. The van der Waals surface area contributed by atoms with Gasteiger partial charge in [0.25, 0.3) is 0 Å². The third-order valence-electron chi connectivity index (χ3n) is 4.05. The molecule has 3 heteroatoms. The van der Waals surface area contributed by atoms with Crippen LogP contribution in [0.2, 0.25) is 0 Å². The number of hydrogen-bond donors (Lipinski definition) is 2. The van der Waals surface area contributed by atoms with Gasteiger partial charge in [-0.25, -0.2) is 0 Å². The third kappa shape index (κ3) is 2.26. The number of benzene rings is 2. The number of H-pyrrole nitrogens is 1.